The van der Waals surface area contributed by atoms with Crippen LogP contribution in [0.15, 0.2) is 231 Å². The second kappa shape index (κ2) is 30.8. The van der Waals surface area contributed by atoms with E-state index >= 15 is 0 Å². The molecule has 0 unspecified atom stereocenters. The minimum Gasteiger partial charge on any atom is -0.310 e. The highest BCUT2D eigenvalue weighted by molar-refractivity contribution is 5.87. The van der Waals surface area contributed by atoms with Gasteiger partial charge in [-0.05, 0) is 276 Å². The van der Waals surface area contributed by atoms with E-state index in [0.717, 1.165) is 72.6 Å². The fourth-order valence-corrected chi connectivity index (χ4v) is 14.2. The van der Waals surface area contributed by atoms with E-state index in [1.807, 2.05) is 0 Å². The Bertz CT molecular complexity index is 4250. The van der Waals surface area contributed by atoms with Gasteiger partial charge in [0.1, 0.15) is 0 Å². The average molecular weight is 1230 g/mol. The summed E-state index contributed by atoms with van der Waals surface area (Å²) in [4.78, 5) is 4.90. The van der Waals surface area contributed by atoms with Crippen LogP contribution in [-0.4, -0.2) is 0 Å². The molecule has 0 amide bonds. The Hall–Kier alpha value is -8.98. The zero-order valence-corrected chi connectivity index (χ0v) is 58.5. The lowest BCUT2D eigenvalue weighted by atomic mass is 9.84. The van der Waals surface area contributed by atoms with E-state index in [0.29, 0.717) is 11.8 Å². The number of anilines is 6. The Kier molecular flexibility index (Phi) is 21.8. The lowest BCUT2D eigenvalue weighted by molar-refractivity contribution is 0.647. The highest BCUT2D eigenvalue weighted by Crippen LogP contribution is 2.45. The summed E-state index contributed by atoms with van der Waals surface area (Å²) in [5.74, 6) is 1.25. The van der Waals surface area contributed by atoms with Gasteiger partial charge in [-0.25, -0.2) is 0 Å². The molecule has 2 nitrogen and oxygen atoms in total. The molecule has 0 bridgehead atoms. The molecule has 0 aliphatic carbocycles. The second-order valence-electron chi connectivity index (χ2n) is 27.9. The molecule has 0 saturated carbocycles. The Morgan fingerprint density at radius 3 is 0.904 bits per heavy atom. The molecule has 11 rings (SSSR count). The van der Waals surface area contributed by atoms with Crippen molar-refractivity contribution in [1.82, 2.24) is 0 Å². The van der Waals surface area contributed by atoms with Crippen LogP contribution in [0.3, 0.4) is 0 Å². The van der Waals surface area contributed by atoms with E-state index in [2.05, 4.69) is 323 Å². The first-order chi connectivity index (χ1) is 45.6. The van der Waals surface area contributed by atoms with Crippen LogP contribution in [0.4, 0.5) is 34.1 Å². The SMILES string of the molecule is CCCCCCc1cc(-c2ccc(N(c3ccc(-c4ccc(C)cc4)cc3)c3ccc(-c4c(C)cc(CC(C)C)cc4C)cc3)cc2C)c(CCCCCC)cc1-c1ccc(N(c2ccc(-c3ccc(C)cc3)cc2)c2ccc(-c3ccc(CC(C)C)cc3)cc2)cc1C. The first kappa shape index (κ1) is 66.5. The first-order valence-corrected chi connectivity index (χ1v) is 35.3. The van der Waals surface area contributed by atoms with Crippen molar-refractivity contribution < 1.29 is 0 Å². The molecule has 0 atom stereocenters. The highest BCUT2D eigenvalue weighted by atomic mass is 15.1. The van der Waals surface area contributed by atoms with Crippen molar-refractivity contribution in [1.29, 1.82) is 0 Å². The molecule has 94 heavy (non-hydrogen) atoms. The molecule has 2 heteroatoms. The first-order valence-electron chi connectivity index (χ1n) is 35.3. The third-order valence-corrected chi connectivity index (χ3v) is 19.2. The van der Waals surface area contributed by atoms with Crippen LogP contribution in [0, 0.1) is 53.4 Å². The zero-order valence-electron chi connectivity index (χ0n) is 58.5. The van der Waals surface area contributed by atoms with E-state index < -0.39 is 0 Å². The van der Waals surface area contributed by atoms with Crippen LogP contribution in [0.25, 0.3) is 66.8 Å². The van der Waals surface area contributed by atoms with Crippen molar-refractivity contribution in [2.24, 2.45) is 11.8 Å². The molecule has 0 fully saturated rings. The Labute approximate surface area is 565 Å². The third-order valence-electron chi connectivity index (χ3n) is 19.2. The van der Waals surface area contributed by atoms with E-state index in [9.17, 15) is 0 Å². The van der Waals surface area contributed by atoms with Gasteiger partial charge in [0.25, 0.3) is 0 Å². The number of hydrogen-bond donors (Lipinski definition) is 0. The molecular weight excluding hydrogens is 1130 g/mol. The molecule has 0 aliphatic heterocycles. The summed E-state index contributed by atoms with van der Waals surface area (Å²) >= 11 is 0. The van der Waals surface area contributed by atoms with Gasteiger partial charge in [-0.1, -0.05) is 249 Å². The minimum atomic E-state index is 0.618. The molecule has 0 N–H and O–H groups in total. The largest absolute Gasteiger partial charge is 0.310 e. The molecule has 0 aromatic heterocycles. The molecule has 478 valence electrons. The predicted octanol–water partition coefficient (Wildman–Crippen LogP) is 27.1. The lowest BCUT2D eigenvalue weighted by Crippen LogP contribution is -2.10. The van der Waals surface area contributed by atoms with Gasteiger partial charge >= 0.3 is 0 Å². The monoisotopic (exact) mass is 1230 g/mol. The van der Waals surface area contributed by atoms with Crippen LogP contribution in [0.1, 0.15) is 149 Å². The summed E-state index contributed by atoms with van der Waals surface area (Å²) < 4.78 is 0. The molecule has 0 saturated heterocycles. The topological polar surface area (TPSA) is 6.48 Å². The Balaban J connectivity index is 0.980. The van der Waals surface area contributed by atoms with E-state index in [4.69, 9.17) is 0 Å². The third kappa shape index (κ3) is 16.0. The van der Waals surface area contributed by atoms with Crippen LogP contribution in [0.5, 0.6) is 0 Å². The van der Waals surface area contributed by atoms with Crippen molar-refractivity contribution in [3.8, 4) is 66.8 Å². The fourth-order valence-electron chi connectivity index (χ4n) is 14.2. The maximum absolute atomic E-state index is 2.62. The van der Waals surface area contributed by atoms with Crippen molar-refractivity contribution in [2.45, 2.75) is 160 Å². The summed E-state index contributed by atoms with van der Waals surface area (Å²) in [7, 11) is 0. The lowest BCUT2D eigenvalue weighted by Gasteiger charge is -2.28. The van der Waals surface area contributed by atoms with Crippen LogP contribution in [-0.2, 0) is 25.7 Å². The van der Waals surface area contributed by atoms with Crippen molar-refractivity contribution in [3.05, 3.63) is 286 Å². The van der Waals surface area contributed by atoms with Gasteiger partial charge in [-0.3, -0.25) is 0 Å². The molecule has 11 aromatic carbocycles. The number of benzene rings is 11. The van der Waals surface area contributed by atoms with Crippen LogP contribution >= 0.6 is 0 Å². The zero-order chi connectivity index (χ0) is 65.8. The van der Waals surface area contributed by atoms with Gasteiger partial charge in [0, 0.05) is 34.1 Å². The summed E-state index contributed by atoms with van der Waals surface area (Å²) in [6.45, 7) is 27.4. The van der Waals surface area contributed by atoms with Crippen molar-refractivity contribution >= 4 is 34.1 Å². The maximum Gasteiger partial charge on any atom is 0.0464 e. The molecular formula is C92H100N2. The number of nitrogens with zero attached hydrogens (tertiary/aromatic N) is 2. The smallest absolute Gasteiger partial charge is 0.0464 e. The second-order valence-corrected chi connectivity index (χ2v) is 27.9. The van der Waals surface area contributed by atoms with E-state index in [1.54, 1.807) is 0 Å². The van der Waals surface area contributed by atoms with Crippen LogP contribution in [0.2, 0.25) is 0 Å². The maximum atomic E-state index is 2.62. The number of rotatable bonds is 26. The number of unbranched alkanes of at least 4 members (excludes halogenated alkanes) is 6. The Morgan fingerprint density at radius 1 is 0.266 bits per heavy atom. The predicted molar refractivity (Wildman–Crippen MR) is 410 cm³/mol. The van der Waals surface area contributed by atoms with Gasteiger partial charge in [0.15, 0.2) is 0 Å². The van der Waals surface area contributed by atoms with Gasteiger partial charge in [-0.15, -0.1) is 0 Å². The standard InChI is InChI=1S/C92H100N2/c1-13-15-17-19-21-80-62-91(89-54-52-87(60-68(89)10)94(84-45-37-77(38-46-84)74-31-25-66(8)26-32-74)85-49-41-79(42-50-85)92-69(11)57-72(56-64(5)6)58-70(92)12)81(22-20-18-16-14-2)61-90(80)88-53-51-86(59-67(88)9)93(82-43-35-76(36-44-82)73-29-23-65(7)24-30-73)83-47-39-78(40-48-83)75-33-27-71(28-34-75)55-63(3)4/h23-54,57-64H,13-22,55-56H2,1-12H3. The quantitative estimate of drug-likeness (QED) is 0.0499. The highest BCUT2D eigenvalue weighted by Gasteiger charge is 2.22. The molecule has 0 spiro atoms. The molecule has 0 radical (unpaired) electrons. The van der Waals surface area contributed by atoms with Gasteiger partial charge in [-0.2, -0.15) is 0 Å². The van der Waals surface area contributed by atoms with Gasteiger partial charge in [0.05, 0.1) is 0 Å². The summed E-state index contributed by atoms with van der Waals surface area (Å²) in [6.07, 6.45) is 13.9. The number of hydrogen-bond acceptors (Lipinski definition) is 2. The summed E-state index contributed by atoms with van der Waals surface area (Å²) in [5, 5.41) is 0. The average Bonchev–Trinajstić information content (AvgIpc) is 0.777. The molecule has 11 aromatic rings. The Morgan fingerprint density at radius 2 is 0.574 bits per heavy atom. The van der Waals surface area contributed by atoms with Gasteiger partial charge < -0.3 is 9.80 Å². The molecule has 0 aliphatic rings. The van der Waals surface area contributed by atoms with Crippen molar-refractivity contribution in [2.75, 3.05) is 9.80 Å². The van der Waals surface area contributed by atoms with Crippen LogP contribution < -0.4 is 9.80 Å². The normalized spacial score (nSPS) is 11.5. The summed E-state index contributed by atoms with van der Waals surface area (Å²) in [6, 6.07) is 88.2. The van der Waals surface area contributed by atoms with E-state index in [-0.39, 0.29) is 0 Å². The van der Waals surface area contributed by atoms with Gasteiger partial charge in [0.2, 0.25) is 0 Å². The summed E-state index contributed by atoms with van der Waals surface area (Å²) in [5.41, 5.74) is 35.6. The molecule has 0 heterocycles. The minimum absolute atomic E-state index is 0.618. The van der Waals surface area contributed by atoms with Crippen molar-refractivity contribution in [3.63, 3.8) is 0 Å². The van der Waals surface area contributed by atoms with E-state index in [1.165, 1.54) is 161 Å². The fraction of sp³-hybridized carbons (Fsp3) is 0.283. The number of aryl methyl sites for hydroxylation is 8.